The zero-order valence-electron chi connectivity index (χ0n) is 14.5. The minimum absolute atomic E-state index is 0.293. The molecule has 2 heterocycles. The number of thioether (sulfide) groups is 1. The molecular formula is C19H22N2O3S2. The molecule has 2 aliphatic rings. The molecule has 0 aliphatic carbocycles. The Hall–Kier alpha value is -1.86. The third-order valence-electron chi connectivity index (χ3n) is 4.58. The lowest BCUT2D eigenvalue weighted by Gasteiger charge is -2.27. The SMILES string of the molecule is O=C(O)CN1C(=O)C(=Cc2ccc(N3CCCCCCC3)cc2)SC1=S. The van der Waals surface area contributed by atoms with Gasteiger partial charge in [0.2, 0.25) is 0 Å². The van der Waals surface area contributed by atoms with Gasteiger partial charge in [0.15, 0.2) is 0 Å². The first kappa shape index (κ1) is 18.9. The molecule has 0 aromatic heterocycles. The van der Waals surface area contributed by atoms with Gasteiger partial charge in [-0.15, -0.1) is 0 Å². The van der Waals surface area contributed by atoms with Crippen LogP contribution >= 0.6 is 24.0 Å². The second kappa shape index (κ2) is 8.68. The largest absolute Gasteiger partial charge is 0.480 e. The summed E-state index contributed by atoms with van der Waals surface area (Å²) in [4.78, 5) is 27.2. The Morgan fingerprint density at radius 2 is 1.73 bits per heavy atom. The molecule has 2 fully saturated rings. The first-order chi connectivity index (χ1) is 12.5. The number of amides is 1. The topological polar surface area (TPSA) is 60.9 Å². The molecule has 5 nitrogen and oxygen atoms in total. The van der Waals surface area contributed by atoms with Crippen LogP contribution in [0.3, 0.4) is 0 Å². The average molecular weight is 391 g/mol. The van der Waals surface area contributed by atoms with Gasteiger partial charge < -0.3 is 10.0 Å². The Morgan fingerprint density at radius 1 is 1.12 bits per heavy atom. The van der Waals surface area contributed by atoms with Crippen molar-refractivity contribution in [1.29, 1.82) is 0 Å². The van der Waals surface area contributed by atoms with E-state index in [1.807, 2.05) is 12.1 Å². The number of carbonyl (C=O) groups is 2. The van der Waals surface area contributed by atoms with Crippen molar-refractivity contribution in [3.05, 3.63) is 34.7 Å². The van der Waals surface area contributed by atoms with Crippen molar-refractivity contribution in [2.24, 2.45) is 0 Å². The molecule has 2 aliphatic heterocycles. The zero-order valence-corrected chi connectivity index (χ0v) is 16.2. The maximum absolute atomic E-state index is 12.3. The van der Waals surface area contributed by atoms with E-state index in [4.69, 9.17) is 17.3 Å². The van der Waals surface area contributed by atoms with Crippen LogP contribution in [0.2, 0.25) is 0 Å². The number of rotatable bonds is 4. The number of carboxylic acids is 1. The van der Waals surface area contributed by atoms with E-state index in [2.05, 4.69) is 17.0 Å². The molecule has 26 heavy (non-hydrogen) atoms. The van der Waals surface area contributed by atoms with Gasteiger partial charge in [-0.2, -0.15) is 0 Å². The van der Waals surface area contributed by atoms with Crippen LogP contribution in [-0.4, -0.2) is 45.8 Å². The summed E-state index contributed by atoms with van der Waals surface area (Å²) in [7, 11) is 0. The van der Waals surface area contributed by atoms with Gasteiger partial charge in [-0.25, -0.2) is 0 Å². The molecule has 0 radical (unpaired) electrons. The van der Waals surface area contributed by atoms with Crippen molar-refractivity contribution in [1.82, 2.24) is 4.90 Å². The Kier molecular flexibility index (Phi) is 6.32. The van der Waals surface area contributed by atoms with Gasteiger partial charge in [0.1, 0.15) is 10.9 Å². The highest BCUT2D eigenvalue weighted by Gasteiger charge is 2.33. The highest BCUT2D eigenvalue weighted by molar-refractivity contribution is 8.26. The van der Waals surface area contributed by atoms with E-state index < -0.39 is 12.5 Å². The molecular weight excluding hydrogens is 368 g/mol. The van der Waals surface area contributed by atoms with Crippen molar-refractivity contribution in [3.8, 4) is 0 Å². The standard InChI is InChI=1S/C19H22N2O3S2/c22-17(23)13-21-18(24)16(26-19(21)25)12-14-6-8-15(9-7-14)20-10-4-2-1-3-5-11-20/h6-9,12H,1-5,10-11,13H2,(H,22,23). The molecule has 3 rings (SSSR count). The van der Waals surface area contributed by atoms with Crippen molar-refractivity contribution >= 4 is 51.9 Å². The number of hydrogen-bond donors (Lipinski definition) is 1. The Morgan fingerprint density at radius 3 is 2.35 bits per heavy atom. The number of hydrogen-bond acceptors (Lipinski definition) is 5. The lowest BCUT2D eigenvalue weighted by molar-refractivity contribution is -0.140. The lowest BCUT2D eigenvalue weighted by Crippen LogP contribution is -2.33. The van der Waals surface area contributed by atoms with Crippen LogP contribution in [0.15, 0.2) is 29.2 Å². The monoisotopic (exact) mass is 390 g/mol. The van der Waals surface area contributed by atoms with Crippen LogP contribution in [0.5, 0.6) is 0 Å². The van der Waals surface area contributed by atoms with E-state index >= 15 is 0 Å². The van der Waals surface area contributed by atoms with E-state index in [1.165, 1.54) is 37.8 Å². The van der Waals surface area contributed by atoms with Gasteiger partial charge in [0.25, 0.3) is 5.91 Å². The Labute approximate surface area is 163 Å². The summed E-state index contributed by atoms with van der Waals surface area (Å²) in [5.41, 5.74) is 2.12. The first-order valence-corrected chi connectivity index (χ1v) is 10.1. The third kappa shape index (κ3) is 4.65. The fourth-order valence-corrected chi connectivity index (χ4v) is 4.47. The molecule has 0 saturated carbocycles. The molecule has 1 aromatic carbocycles. The number of thiocarbonyl (C=S) groups is 1. The molecule has 138 valence electrons. The number of carboxylic acid groups (broad SMARTS) is 1. The molecule has 0 bridgehead atoms. The third-order valence-corrected chi connectivity index (χ3v) is 5.96. The maximum Gasteiger partial charge on any atom is 0.323 e. The predicted molar refractivity (Wildman–Crippen MR) is 109 cm³/mol. The van der Waals surface area contributed by atoms with Gasteiger partial charge in [-0.3, -0.25) is 14.5 Å². The zero-order chi connectivity index (χ0) is 18.5. The second-order valence-corrected chi connectivity index (χ2v) is 8.18. The highest BCUT2D eigenvalue weighted by Crippen LogP contribution is 2.32. The van der Waals surface area contributed by atoms with E-state index in [1.54, 1.807) is 6.08 Å². The van der Waals surface area contributed by atoms with Crippen molar-refractivity contribution < 1.29 is 14.7 Å². The number of benzene rings is 1. The van der Waals surface area contributed by atoms with Crippen LogP contribution in [0.4, 0.5) is 5.69 Å². The fraction of sp³-hybridized carbons (Fsp3) is 0.421. The number of carbonyl (C=O) groups excluding carboxylic acids is 1. The summed E-state index contributed by atoms with van der Waals surface area (Å²) in [5, 5.41) is 8.89. The second-order valence-electron chi connectivity index (χ2n) is 6.51. The molecule has 1 N–H and O–H groups in total. The molecule has 0 unspecified atom stereocenters. The highest BCUT2D eigenvalue weighted by atomic mass is 32.2. The minimum Gasteiger partial charge on any atom is -0.480 e. The van der Waals surface area contributed by atoms with Crippen LogP contribution in [0.25, 0.3) is 6.08 Å². The fourth-order valence-electron chi connectivity index (χ4n) is 3.21. The first-order valence-electron chi connectivity index (χ1n) is 8.87. The summed E-state index contributed by atoms with van der Waals surface area (Å²) in [6.45, 7) is 1.79. The molecule has 0 atom stereocenters. The molecule has 2 saturated heterocycles. The van der Waals surface area contributed by atoms with Gasteiger partial charge >= 0.3 is 5.97 Å². The molecule has 7 heteroatoms. The summed E-state index contributed by atoms with van der Waals surface area (Å²) in [6.07, 6.45) is 8.17. The minimum atomic E-state index is -1.07. The summed E-state index contributed by atoms with van der Waals surface area (Å²) >= 11 is 6.27. The van der Waals surface area contributed by atoms with Gasteiger partial charge in [-0.1, -0.05) is 55.4 Å². The Balaban J connectivity index is 1.70. The Bertz CT molecular complexity index is 723. The van der Waals surface area contributed by atoms with Gasteiger partial charge in [-0.05, 0) is 36.6 Å². The van der Waals surface area contributed by atoms with Crippen LogP contribution in [0, 0.1) is 0 Å². The number of nitrogens with zero attached hydrogens (tertiary/aromatic N) is 2. The quantitative estimate of drug-likeness (QED) is 0.624. The van der Waals surface area contributed by atoms with Crippen LogP contribution < -0.4 is 4.90 Å². The summed E-state index contributed by atoms with van der Waals surface area (Å²) in [6, 6.07) is 8.17. The van der Waals surface area contributed by atoms with Gasteiger partial charge in [0.05, 0.1) is 4.91 Å². The predicted octanol–water partition coefficient (Wildman–Crippen LogP) is 3.74. The van der Waals surface area contributed by atoms with E-state index in [0.717, 1.165) is 35.3 Å². The normalized spacial score (nSPS) is 20.4. The van der Waals surface area contributed by atoms with Crippen molar-refractivity contribution in [3.63, 3.8) is 0 Å². The van der Waals surface area contributed by atoms with E-state index in [9.17, 15) is 9.59 Å². The lowest BCUT2D eigenvalue weighted by atomic mass is 10.1. The van der Waals surface area contributed by atoms with E-state index in [0.29, 0.717) is 9.23 Å². The summed E-state index contributed by atoms with van der Waals surface area (Å²) in [5.74, 6) is -1.41. The van der Waals surface area contributed by atoms with Crippen molar-refractivity contribution in [2.75, 3.05) is 24.5 Å². The average Bonchev–Trinajstić information content (AvgIpc) is 2.83. The number of anilines is 1. The van der Waals surface area contributed by atoms with Crippen LogP contribution in [0.1, 0.15) is 37.7 Å². The van der Waals surface area contributed by atoms with E-state index in [-0.39, 0.29) is 5.91 Å². The van der Waals surface area contributed by atoms with Crippen molar-refractivity contribution in [2.45, 2.75) is 32.1 Å². The molecule has 1 amide bonds. The molecule has 0 spiro atoms. The smallest absolute Gasteiger partial charge is 0.323 e. The van der Waals surface area contributed by atoms with Gasteiger partial charge in [0, 0.05) is 18.8 Å². The maximum atomic E-state index is 12.3. The summed E-state index contributed by atoms with van der Waals surface area (Å²) < 4.78 is 0.293. The number of aliphatic carboxylic acids is 1. The van der Waals surface area contributed by atoms with Crippen LogP contribution in [-0.2, 0) is 9.59 Å². The molecule has 1 aromatic rings.